The number of benzene rings is 2. The van der Waals surface area contributed by atoms with Gasteiger partial charge in [-0.2, -0.15) is 0 Å². The lowest BCUT2D eigenvalue weighted by molar-refractivity contribution is -0.111. The van der Waals surface area contributed by atoms with Crippen molar-refractivity contribution in [3.8, 4) is 0 Å². The fraction of sp³-hybridized carbons (Fsp3) is 0.0870. The van der Waals surface area contributed by atoms with Gasteiger partial charge in [-0.05, 0) is 42.3 Å². The molecule has 0 saturated heterocycles. The number of anilines is 1. The van der Waals surface area contributed by atoms with E-state index < -0.39 is 0 Å². The van der Waals surface area contributed by atoms with Gasteiger partial charge in [0.05, 0.1) is 11.3 Å². The second-order valence-corrected chi connectivity index (χ2v) is 6.32. The monoisotopic (exact) mass is 371 g/mol. The van der Waals surface area contributed by atoms with Crippen LogP contribution in [0.4, 0.5) is 5.69 Å². The summed E-state index contributed by atoms with van der Waals surface area (Å²) in [6.07, 6.45) is 6.57. The average molecular weight is 371 g/mol. The standard InChI is InChI=1S/C23H21N3O2/c1-17-8-10-18(11-9-17)12-13-22(27)26-21-7-3-2-6-20(21)23(28)25-16-19-5-4-14-24-15-19/h2-15H,16H2,1H3,(H,25,28)(H,26,27)/b13-12+. The molecule has 0 radical (unpaired) electrons. The van der Waals surface area contributed by atoms with Crippen molar-refractivity contribution < 1.29 is 9.59 Å². The van der Waals surface area contributed by atoms with E-state index in [2.05, 4.69) is 15.6 Å². The van der Waals surface area contributed by atoms with E-state index in [9.17, 15) is 9.59 Å². The zero-order valence-electron chi connectivity index (χ0n) is 15.6. The predicted molar refractivity (Wildman–Crippen MR) is 111 cm³/mol. The molecule has 140 valence electrons. The van der Waals surface area contributed by atoms with Crippen molar-refractivity contribution in [1.29, 1.82) is 0 Å². The van der Waals surface area contributed by atoms with Crippen LogP contribution in [0.15, 0.2) is 79.1 Å². The maximum atomic E-state index is 12.5. The highest BCUT2D eigenvalue weighted by molar-refractivity contribution is 6.07. The Labute approximate surface area is 164 Å². The molecular weight excluding hydrogens is 350 g/mol. The summed E-state index contributed by atoms with van der Waals surface area (Å²) in [6, 6.07) is 18.5. The number of carbonyl (C=O) groups is 2. The average Bonchev–Trinajstić information content (AvgIpc) is 2.73. The Hall–Kier alpha value is -3.73. The second kappa shape index (κ2) is 9.28. The third-order valence-electron chi connectivity index (χ3n) is 4.11. The molecule has 1 heterocycles. The summed E-state index contributed by atoms with van der Waals surface area (Å²) in [5.74, 6) is -0.560. The van der Waals surface area contributed by atoms with Crippen LogP contribution in [0.1, 0.15) is 27.0 Å². The SMILES string of the molecule is Cc1ccc(/C=C/C(=O)Nc2ccccc2C(=O)NCc2cccnc2)cc1. The van der Waals surface area contributed by atoms with Crippen molar-refractivity contribution in [3.63, 3.8) is 0 Å². The lowest BCUT2D eigenvalue weighted by Crippen LogP contribution is -2.24. The highest BCUT2D eigenvalue weighted by Gasteiger charge is 2.12. The van der Waals surface area contributed by atoms with E-state index in [1.54, 1.807) is 42.7 Å². The summed E-state index contributed by atoms with van der Waals surface area (Å²) < 4.78 is 0. The number of nitrogens with one attached hydrogen (secondary N) is 2. The van der Waals surface area contributed by atoms with Gasteiger partial charge in [0.2, 0.25) is 5.91 Å². The Bertz CT molecular complexity index is 980. The van der Waals surface area contributed by atoms with E-state index in [-0.39, 0.29) is 11.8 Å². The third kappa shape index (κ3) is 5.38. The Balaban J connectivity index is 1.65. The van der Waals surface area contributed by atoms with Crippen LogP contribution in [0.3, 0.4) is 0 Å². The van der Waals surface area contributed by atoms with Crippen molar-refractivity contribution >= 4 is 23.6 Å². The predicted octanol–water partition coefficient (Wildman–Crippen LogP) is 3.97. The molecule has 0 unspecified atom stereocenters. The topological polar surface area (TPSA) is 71.1 Å². The normalized spacial score (nSPS) is 10.6. The Morgan fingerprint density at radius 3 is 2.54 bits per heavy atom. The maximum absolute atomic E-state index is 12.5. The van der Waals surface area contributed by atoms with Crippen LogP contribution in [0.5, 0.6) is 0 Å². The van der Waals surface area contributed by atoms with Gasteiger partial charge in [0.15, 0.2) is 0 Å². The fourth-order valence-corrected chi connectivity index (χ4v) is 2.59. The zero-order chi connectivity index (χ0) is 19.8. The molecule has 0 atom stereocenters. The molecule has 0 aliphatic rings. The molecule has 0 bridgehead atoms. The quantitative estimate of drug-likeness (QED) is 0.644. The molecule has 28 heavy (non-hydrogen) atoms. The molecule has 5 nitrogen and oxygen atoms in total. The van der Waals surface area contributed by atoms with Crippen LogP contribution in [0, 0.1) is 6.92 Å². The van der Waals surface area contributed by atoms with Gasteiger partial charge in [0.1, 0.15) is 0 Å². The Morgan fingerprint density at radius 1 is 1.00 bits per heavy atom. The molecule has 1 aromatic heterocycles. The van der Waals surface area contributed by atoms with Crippen molar-refractivity contribution in [2.75, 3.05) is 5.32 Å². The number of carbonyl (C=O) groups excluding carboxylic acids is 2. The van der Waals surface area contributed by atoms with E-state index in [4.69, 9.17) is 0 Å². The second-order valence-electron chi connectivity index (χ2n) is 6.32. The van der Waals surface area contributed by atoms with Crippen molar-refractivity contribution in [3.05, 3.63) is 101 Å². The Morgan fingerprint density at radius 2 is 1.79 bits per heavy atom. The van der Waals surface area contributed by atoms with Gasteiger partial charge in [-0.3, -0.25) is 14.6 Å². The van der Waals surface area contributed by atoms with Crippen LogP contribution in [-0.4, -0.2) is 16.8 Å². The largest absolute Gasteiger partial charge is 0.348 e. The van der Waals surface area contributed by atoms with Gasteiger partial charge in [-0.25, -0.2) is 0 Å². The minimum Gasteiger partial charge on any atom is -0.348 e. The molecule has 0 saturated carbocycles. The van der Waals surface area contributed by atoms with Crippen LogP contribution in [0.25, 0.3) is 6.08 Å². The van der Waals surface area contributed by atoms with Gasteiger partial charge < -0.3 is 10.6 Å². The van der Waals surface area contributed by atoms with E-state index >= 15 is 0 Å². The van der Waals surface area contributed by atoms with Crippen LogP contribution >= 0.6 is 0 Å². The van der Waals surface area contributed by atoms with E-state index in [1.807, 2.05) is 43.3 Å². The van der Waals surface area contributed by atoms with Crippen molar-refractivity contribution in [2.45, 2.75) is 13.5 Å². The third-order valence-corrected chi connectivity index (χ3v) is 4.11. The maximum Gasteiger partial charge on any atom is 0.253 e. The number of hydrogen-bond acceptors (Lipinski definition) is 3. The lowest BCUT2D eigenvalue weighted by atomic mass is 10.1. The summed E-state index contributed by atoms with van der Waals surface area (Å²) >= 11 is 0. The van der Waals surface area contributed by atoms with Gasteiger partial charge in [0.25, 0.3) is 5.91 Å². The number of amides is 2. The summed E-state index contributed by atoms with van der Waals surface area (Å²) in [5.41, 5.74) is 3.86. The molecule has 2 aromatic carbocycles. The van der Waals surface area contributed by atoms with Gasteiger partial charge in [-0.15, -0.1) is 0 Å². The first kappa shape index (κ1) is 19.0. The smallest absolute Gasteiger partial charge is 0.253 e. The number of aromatic nitrogens is 1. The number of hydrogen-bond donors (Lipinski definition) is 2. The number of para-hydroxylation sites is 1. The first-order valence-electron chi connectivity index (χ1n) is 8.94. The Kier molecular flexibility index (Phi) is 6.31. The molecule has 0 aliphatic carbocycles. The first-order valence-corrected chi connectivity index (χ1v) is 8.94. The lowest BCUT2D eigenvalue weighted by Gasteiger charge is -2.10. The number of nitrogens with zero attached hydrogens (tertiary/aromatic N) is 1. The fourth-order valence-electron chi connectivity index (χ4n) is 2.59. The molecule has 5 heteroatoms. The van der Waals surface area contributed by atoms with Crippen molar-refractivity contribution in [1.82, 2.24) is 10.3 Å². The molecule has 0 aliphatic heterocycles. The number of rotatable bonds is 6. The minimum atomic E-state index is -0.298. The zero-order valence-corrected chi connectivity index (χ0v) is 15.6. The van der Waals surface area contributed by atoms with Gasteiger partial charge in [0, 0.05) is 25.0 Å². The van der Waals surface area contributed by atoms with E-state index in [0.29, 0.717) is 17.8 Å². The minimum absolute atomic E-state index is 0.262. The summed E-state index contributed by atoms with van der Waals surface area (Å²) in [7, 11) is 0. The van der Waals surface area contributed by atoms with E-state index in [1.165, 1.54) is 6.08 Å². The van der Waals surface area contributed by atoms with Gasteiger partial charge >= 0.3 is 0 Å². The molecule has 2 N–H and O–H groups in total. The molecule has 0 spiro atoms. The van der Waals surface area contributed by atoms with E-state index in [0.717, 1.165) is 16.7 Å². The van der Waals surface area contributed by atoms with Crippen LogP contribution in [0.2, 0.25) is 0 Å². The highest BCUT2D eigenvalue weighted by Crippen LogP contribution is 2.15. The molecule has 3 rings (SSSR count). The summed E-state index contributed by atoms with van der Waals surface area (Å²) in [5, 5.41) is 5.62. The summed E-state index contributed by atoms with van der Waals surface area (Å²) in [4.78, 5) is 28.8. The highest BCUT2D eigenvalue weighted by atomic mass is 16.2. The van der Waals surface area contributed by atoms with Crippen LogP contribution < -0.4 is 10.6 Å². The molecular formula is C23H21N3O2. The summed E-state index contributed by atoms with van der Waals surface area (Å²) in [6.45, 7) is 2.37. The van der Waals surface area contributed by atoms with Gasteiger partial charge in [-0.1, -0.05) is 48.0 Å². The molecule has 0 fully saturated rings. The van der Waals surface area contributed by atoms with Crippen LogP contribution in [-0.2, 0) is 11.3 Å². The number of aryl methyl sites for hydroxylation is 1. The molecule has 3 aromatic rings. The molecule has 2 amide bonds. The van der Waals surface area contributed by atoms with Crippen molar-refractivity contribution in [2.24, 2.45) is 0 Å². The number of pyridine rings is 1. The first-order chi connectivity index (χ1) is 13.6.